The van der Waals surface area contributed by atoms with Crippen LogP contribution >= 0.6 is 23.2 Å². The molecule has 43 heavy (non-hydrogen) atoms. The fourth-order valence-corrected chi connectivity index (χ4v) is 6.17. The molecular formula is C31H37Cl2N7O3. The highest BCUT2D eigenvalue weighted by atomic mass is 35.5. The SMILES string of the molecule is COc1cc(OC)c(Cl)c(N2Cc3cnc(Nc4ccccc4)nc3N(C3CCN(C(=O)/C=C/CN(C)C)CC3)C2)c1Cl. The zero-order valence-corrected chi connectivity index (χ0v) is 26.4. The van der Waals surface area contributed by atoms with Crippen LogP contribution in [0.25, 0.3) is 0 Å². The summed E-state index contributed by atoms with van der Waals surface area (Å²) in [7, 11) is 7.09. The fourth-order valence-electron chi connectivity index (χ4n) is 5.43. The number of likely N-dealkylation sites (tertiary alicyclic amines) is 1. The average molecular weight is 627 g/mol. The highest BCUT2D eigenvalue weighted by molar-refractivity contribution is 6.41. The van der Waals surface area contributed by atoms with Gasteiger partial charge in [0.2, 0.25) is 11.9 Å². The highest BCUT2D eigenvalue weighted by Crippen LogP contribution is 2.48. The van der Waals surface area contributed by atoms with E-state index >= 15 is 0 Å². The number of benzene rings is 2. The zero-order chi connectivity index (χ0) is 30.5. The van der Waals surface area contributed by atoms with E-state index < -0.39 is 0 Å². The highest BCUT2D eigenvalue weighted by Gasteiger charge is 2.35. The maximum Gasteiger partial charge on any atom is 0.246 e. The van der Waals surface area contributed by atoms with Gasteiger partial charge < -0.3 is 34.4 Å². The summed E-state index contributed by atoms with van der Waals surface area (Å²) in [5.74, 6) is 2.36. The molecule has 0 bridgehead atoms. The Labute approximate surface area is 262 Å². The summed E-state index contributed by atoms with van der Waals surface area (Å²) in [5, 5.41) is 4.13. The number of nitrogens with one attached hydrogen (secondary N) is 1. The molecule has 0 spiro atoms. The molecule has 0 atom stereocenters. The van der Waals surface area contributed by atoms with Crippen LogP contribution < -0.4 is 24.6 Å². The lowest BCUT2D eigenvalue weighted by Gasteiger charge is -2.45. The summed E-state index contributed by atoms with van der Waals surface area (Å²) in [6.45, 7) is 2.99. The van der Waals surface area contributed by atoms with Gasteiger partial charge in [-0.2, -0.15) is 4.98 Å². The van der Waals surface area contributed by atoms with Gasteiger partial charge in [0.1, 0.15) is 27.4 Å². The number of carbonyl (C=O) groups is 1. The number of hydrogen-bond acceptors (Lipinski definition) is 9. The van der Waals surface area contributed by atoms with Gasteiger partial charge in [0, 0.05) is 61.8 Å². The largest absolute Gasteiger partial charge is 0.495 e. The number of rotatable bonds is 9. The summed E-state index contributed by atoms with van der Waals surface area (Å²) >= 11 is 13.7. The minimum atomic E-state index is 0.0414. The molecule has 1 amide bonds. The number of ether oxygens (including phenoxy) is 2. The molecule has 228 valence electrons. The number of halogens is 2. The van der Waals surface area contributed by atoms with Crippen molar-refractivity contribution < 1.29 is 14.3 Å². The van der Waals surface area contributed by atoms with Crippen molar-refractivity contribution in [2.24, 2.45) is 0 Å². The number of carbonyl (C=O) groups excluding carboxylic acids is 1. The van der Waals surface area contributed by atoms with E-state index in [2.05, 4.69) is 20.1 Å². The van der Waals surface area contributed by atoms with E-state index in [9.17, 15) is 4.79 Å². The lowest BCUT2D eigenvalue weighted by Crippen LogP contribution is -2.52. The second-order valence-electron chi connectivity index (χ2n) is 10.8. The number of hydrogen-bond donors (Lipinski definition) is 1. The lowest BCUT2D eigenvalue weighted by molar-refractivity contribution is -0.127. The van der Waals surface area contributed by atoms with Gasteiger partial charge in [-0.15, -0.1) is 0 Å². The first-order valence-electron chi connectivity index (χ1n) is 14.2. The summed E-state index contributed by atoms with van der Waals surface area (Å²) < 4.78 is 11.1. The molecule has 12 heteroatoms. The maximum atomic E-state index is 12.8. The van der Waals surface area contributed by atoms with E-state index in [1.54, 1.807) is 26.4 Å². The molecule has 2 aliphatic rings. The van der Waals surface area contributed by atoms with Crippen LogP contribution in [0.1, 0.15) is 18.4 Å². The van der Waals surface area contributed by atoms with E-state index in [4.69, 9.17) is 37.7 Å². The standard InChI is InChI=1S/C31H37Cl2N7O3/c1-37(2)14-8-11-26(41)38-15-12-23(13-16-38)40-20-39(29-27(32)24(42-3)17-25(43-4)28(29)33)19-21-18-34-31(36-30(21)40)35-22-9-6-5-7-10-22/h5-11,17-18,23H,12-16,19-20H2,1-4H3,(H,34,35,36)/b11-8+. The van der Waals surface area contributed by atoms with Gasteiger partial charge in [0.25, 0.3) is 0 Å². The Balaban J connectivity index is 1.45. The quantitative estimate of drug-likeness (QED) is 0.312. The number of amides is 1. The first-order chi connectivity index (χ1) is 20.8. The van der Waals surface area contributed by atoms with Crippen LogP contribution in [0.2, 0.25) is 10.0 Å². The second-order valence-corrected chi connectivity index (χ2v) is 11.6. The number of para-hydroxylation sites is 1. The van der Waals surface area contributed by atoms with Crippen LogP contribution in [0.3, 0.4) is 0 Å². The van der Waals surface area contributed by atoms with E-state index in [1.165, 1.54) is 0 Å². The van der Waals surface area contributed by atoms with Gasteiger partial charge in [0.05, 0.1) is 26.6 Å². The van der Waals surface area contributed by atoms with Gasteiger partial charge in [-0.25, -0.2) is 4.98 Å². The number of anilines is 4. The van der Waals surface area contributed by atoms with Crippen LogP contribution in [-0.2, 0) is 11.3 Å². The second kappa shape index (κ2) is 13.7. The molecule has 1 aromatic heterocycles. The number of likely N-dealkylation sites (N-methyl/N-ethyl adjacent to an activating group) is 1. The predicted octanol–water partition coefficient (Wildman–Crippen LogP) is 5.44. The monoisotopic (exact) mass is 625 g/mol. The Hall–Kier alpha value is -3.73. The summed E-state index contributed by atoms with van der Waals surface area (Å²) in [6, 6.07) is 11.7. The third-order valence-electron chi connectivity index (χ3n) is 7.64. The van der Waals surface area contributed by atoms with Crippen LogP contribution in [0, 0.1) is 0 Å². The third-order valence-corrected chi connectivity index (χ3v) is 8.37. The Morgan fingerprint density at radius 2 is 1.77 bits per heavy atom. The Morgan fingerprint density at radius 3 is 2.40 bits per heavy atom. The molecule has 0 saturated carbocycles. The molecule has 10 nitrogen and oxygen atoms in total. The molecule has 5 rings (SSSR count). The molecule has 2 aromatic carbocycles. The average Bonchev–Trinajstić information content (AvgIpc) is 3.01. The molecule has 1 saturated heterocycles. The van der Waals surface area contributed by atoms with Crippen LogP contribution in [0.4, 0.5) is 23.1 Å². The molecule has 0 aliphatic carbocycles. The topological polar surface area (TPSA) is 86.3 Å². The lowest BCUT2D eigenvalue weighted by atomic mass is 10.0. The zero-order valence-electron chi connectivity index (χ0n) is 24.9. The van der Waals surface area contributed by atoms with E-state index in [-0.39, 0.29) is 11.9 Å². The number of nitrogens with zero attached hydrogens (tertiary/aromatic N) is 6. The Kier molecular flexibility index (Phi) is 9.79. The van der Waals surface area contributed by atoms with Gasteiger partial charge in [0.15, 0.2) is 0 Å². The number of aromatic nitrogens is 2. The first-order valence-corrected chi connectivity index (χ1v) is 14.9. The summed E-state index contributed by atoms with van der Waals surface area (Å²) in [5.41, 5.74) is 2.46. The van der Waals surface area contributed by atoms with E-state index in [0.717, 1.165) is 36.5 Å². The summed E-state index contributed by atoms with van der Waals surface area (Å²) in [6.07, 6.45) is 7.00. The molecule has 2 aliphatic heterocycles. The van der Waals surface area contributed by atoms with Crippen molar-refractivity contribution >= 4 is 52.3 Å². The number of fused-ring (bicyclic) bond motifs is 1. The number of piperidine rings is 1. The molecule has 3 aromatic rings. The molecule has 1 N–H and O–H groups in total. The van der Waals surface area contributed by atoms with Crippen LogP contribution in [0.5, 0.6) is 11.5 Å². The molecule has 3 heterocycles. The van der Waals surface area contributed by atoms with E-state index in [0.29, 0.717) is 59.5 Å². The van der Waals surface area contributed by atoms with Gasteiger partial charge in [-0.05, 0) is 39.1 Å². The smallest absolute Gasteiger partial charge is 0.246 e. The van der Waals surface area contributed by atoms with E-state index in [1.807, 2.05) is 66.5 Å². The van der Waals surface area contributed by atoms with Gasteiger partial charge >= 0.3 is 0 Å². The van der Waals surface area contributed by atoms with Crippen LogP contribution in [-0.4, -0.2) is 86.3 Å². The van der Waals surface area contributed by atoms with Gasteiger partial charge in [-0.3, -0.25) is 4.79 Å². The maximum absolute atomic E-state index is 12.8. The molecule has 0 unspecified atom stereocenters. The van der Waals surface area contributed by atoms with Crippen molar-refractivity contribution in [3.8, 4) is 11.5 Å². The Bertz CT molecular complexity index is 1440. The van der Waals surface area contributed by atoms with Gasteiger partial charge in [-0.1, -0.05) is 47.5 Å². The normalized spacial score (nSPS) is 15.7. The third kappa shape index (κ3) is 6.92. The van der Waals surface area contributed by atoms with Crippen molar-refractivity contribution in [1.29, 1.82) is 0 Å². The molecule has 0 radical (unpaired) electrons. The summed E-state index contributed by atoms with van der Waals surface area (Å²) in [4.78, 5) is 30.8. The molecule has 1 fully saturated rings. The minimum absolute atomic E-state index is 0.0414. The van der Waals surface area contributed by atoms with Crippen molar-refractivity contribution in [1.82, 2.24) is 19.8 Å². The Morgan fingerprint density at radius 1 is 1.09 bits per heavy atom. The van der Waals surface area contributed by atoms with Crippen molar-refractivity contribution in [2.45, 2.75) is 25.4 Å². The van der Waals surface area contributed by atoms with Crippen molar-refractivity contribution in [3.63, 3.8) is 0 Å². The predicted molar refractivity (Wildman–Crippen MR) is 172 cm³/mol. The molecular weight excluding hydrogens is 589 g/mol. The number of methoxy groups -OCH3 is 2. The van der Waals surface area contributed by atoms with Crippen molar-refractivity contribution in [2.75, 3.05) is 69.7 Å². The minimum Gasteiger partial charge on any atom is -0.495 e. The first kappa shape index (κ1) is 30.7. The van der Waals surface area contributed by atoms with Crippen molar-refractivity contribution in [3.05, 3.63) is 70.4 Å². The van der Waals surface area contributed by atoms with Crippen LogP contribution in [0.15, 0.2) is 54.7 Å². The fraction of sp³-hybridized carbons (Fsp3) is 0.387.